The van der Waals surface area contributed by atoms with Crippen molar-refractivity contribution in [3.8, 4) is 0 Å². The van der Waals surface area contributed by atoms with Crippen LogP contribution in [0.2, 0.25) is 0 Å². The third kappa shape index (κ3) is 15.2. The Morgan fingerprint density at radius 1 is 0.946 bits per heavy atom. The fourth-order valence-corrected chi connectivity index (χ4v) is 3.11. The zero-order valence-corrected chi connectivity index (χ0v) is 22.1. The van der Waals surface area contributed by atoms with Crippen LogP contribution < -0.4 is 21.7 Å². The van der Waals surface area contributed by atoms with Gasteiger partial charge in [0.1, 0.15) is 24.3 Å². The molecule has 0 aliphatic carbocycles. The summed E-state index contributed by atoms with van der Waals surface area (Å²) in [6, 6.07) is 7.40. The zero-order valence-electron chi connectivity index (χ0n) is 22.1. The molecule has 0 aromatic heterocycles. The van der Waals surface area contributed by atoms with Gasteiger partial charge >= 0.3 is 12.1 Å². The van der Waals surface area contributed by atoms with E-state index in [1.807, 2.05) is 30.3 Å². The lowest BCUT2D eigenvalue weighted by Gasteiger charge is -2.23. The molecular formula is C26H40N4O7. The Morgan fingerprint density at radius 2 is 1.62 bits per heavy atom. The SMILES string of the molecule is CC(NC(=O)OC(C)(C)C)C(=O)NC(CCC(=O)NCCCCCC(=O)OCc1ccccc1)C(N)=O. The minimum atomic E-state index is -1.07. The molecule has 1 aromatic carbocycles. The summed E-state index contributed by atoms with van der Waals surface area (Å²) >= 11 is 0. The molecule has 2 atom stereocenters. The van der Waals surface area contributed by atoms with Crippen molar-refractivity contribution in [2.24, 2.45) is 5.73 Å². The lowest BCUT2D eigenvalue weighted by Crippen LogP contribution is -2.52. The Labute approximate surface area is 218 Å². The molecule has 0 heterocycles. The summed E-state index contributed by atoms with van der Waals surface area (Å²) in [7, 11) is 0. The predicted octanol–water partition coefficient (Wildman–Crippen LogP) is 2.07. The number of rotatable bonds is 15. The van der Waals surface area contributed by atoms with E-state index in [1.165, 1.54) is 6.92 Å². The molecular weight excluding hydrogens is 480 g/mol. The number of esters is 1. The monoisotopic (exact) mass is 520 g/mol. The van der Waals surface area contributed by atoms with Gasteiger partial charge in [0.25, 0.3) is 0 Å². The normalized spacial score (nSPS) is 12.5. The number of hydrogen-bond acceptors (Lipinski definition) is 7. The van der Waals surface area contributed by atoms with E-state index < -0.39 is 35.6 Å². The molecule has 0 spiro atoms. The quantitative estimate of drug-likeness (QED) is 0.203. The van der Waals surface area contributed by atoms with Crippen LogP contribution in [0.3, 0.4) is 0 Å². The summed E-state index contributed by atoms with van der Waals surface area (Å²) in [6.07, 6.45) is 1.60. The Hall–Kier alpha value is -3.63. The Morgan fingerprint density at radius 3 is 2.24 bits per heavy atom. The number of hydrogen-bond donors (Lipinski definition) is 4. The first kappa shape index (κ1) is 31.4. The van der Waals surface area contributed by atoms with Gasteiger partial charge in [-0.25, -0.2) is 4.79 Å². The highest BCUT2D eigenvalue weighted by molar-refractivity contribution is 5.90. The van der Waals surface area contributed by atoms with Crippen molar-refractivity contribution >= 4 is 29.8 Å². The third-order valence-electron chi connectivity index (χ3n) is 5.07. The number of unbranched alkanes of at least 4 members (excludes halogenated alkanes) is 2. The van der Waals surface area contributed by atoms with E-state index in [-0.39, 0.29) is 31.3 Å². The minimum Gasteiger partial charge on any atom is -0.461 e. The third-order valence-corrected chi connectivity index (χ3v) is 5.07. The molecule has 11 nitrogen and oxygen atoms in total. The van der Waals surface area contributed by atoms with Gasteiger partial charge in [-0.15, -0.1) is 0 Å². The van der Waals surface area contributed by atoms with Crippen molar-refractivity contribution in [1.29, 1.82) is 0 Å². The number of carbonyl (C=O) groups excluding carboxylic acids is 5. The second kappa shape index (κ2) is 16.2. The highest BCUT2D eigenvalue weighted by Gasteiger charge is 2.25. The van der Waals surface area contributed by atoms with Crippen molar-refractivity contribution < 1.29 is 33.4 Å². The molecule has 0 aliphatic heterocycles. The number of benzene rings is 1. The molecule has 37 heavy (non-hydrogen) atoms. The molecule has 1 aromatic rings. The molecule has 0 saturated carbocycles. The number of nitrogens with one attached hydrogen (secondary N) is 3. The van der Waals surface area contributed by atoms with Crippen LogP contribution in [0.5, 0.6) is 0 Å². The van der Waals surface area contributed by atoms with Crippen molar-refractivity contribution in [2.75, 3.05) is 6.54 Å². The van der Waals surface area contributed by atoms with Gasteiger partial charge in [-0.3, -0.25) is 19.2 Å². The van der Waals surface area contributed by atoms with Crippen LogP contribution in [0, 0.1) is 0 Å². The van der Waals surface area contributed by atoms with Crippen LogP contribution in [0.4, 0.5) is 4.79 Å². The Bertz CT molecular complexity index is 900. The van der Waals surface area contributed by atoms with E-state index >= 15 is 0 Å². The number of carbonyl (C=O) groups is 5. The first-order valence-electron chi connectivity index (χ1n) is 12.4. The average Bonchev–Trinajstić information content (AvgIpc) is 2.81. The molecule has 1 rings (SSSR count). The molecule has 206 valence electrons. The van der Waals surface area contributed by atoms with Crippen LogP contribution in [0.25, 0.3) is 0 Å². The number of alkyl carbamates (subject to hydrolysis) is 1. The molecule has 11 heteroatoms. The number of ether oxygens (including phenoxy) is 2. The highest BCUT2D eigenvalue weighted by Crippen LogP contribution is 2.07. The van der Waals surface area contributed by atoms with Crippen molar-refractivity contribution in [3.63, 3.8) is 0 Å². The van der Waals surface area contributed by atoms with Crippen molar-refractivity contribution in [3.05, 3.63) is 35.9 Å². The summed E-state index contributed by atoms with van der Waals surface area (Å²) in [4.78, 5) is 59.8. The van der Waals surface area contributed by atoms with Crippen LogP contribution in [0.15, 0.2) is 30.3 Å². The molecule has 0 aliphatic rings. The number of primary amides is 1. The molecule has 4 amide bonds. The first-order valence-corrected chi connectivity index (χ1v) is 12.4. The zero-order chi connectivity index (χ0) is 27.8. The van der Waals surface area contributed by atoms with E-state index in [4.69, 9.17) is 15.2 Å². The van der Waals surface area contributed by atoms with Crippen LogP contribution in [-0.4, -0.2) is 54.0 Å². The van der Waals surface area contributed by atoms with Gasteiger partial charge in [-0.2, -0.15) is 0 Å². The van der Waals surface area contributed by atoms with E-state index in [1.54, 1.807) is 20.8 Å². The summed E-state index contributed by atoms with van der Waals surface area (Å²) in [6.45, 7) is 7.18. The standard InChI is InChI=1S/C26H40N4O7/c1-18(29-25(35)37-26(2,3)4)24(34)30-20(23(27)33)14-15-21(31)28-16-10-6-9-13-22(32)36-17-19-11-7-5-8-12-19/h5,7-8,11-12,18,20H,6,9-10,13-17H2,1-4H3,(H2,27,33)(H,28,31)(H,29,35)(H,30,34). The Balaban J connectivity index is 2.22. The highest BCUT2D eigenvalue weighted by atomic mass is 16.6. The maximum Gasteiger partial charge on any atom is 0.408 e. The van der Waals surface area contributed by atoms with Crippen molar-refractivity contribution in [2.45, 2.75) is 90.5 Å². The van der Waals surface area contributed by atoms with Gasteiger partial charge in [0, 0.05) is 19.4 Å². The lowest BCUT2D eigenvalue weighted by molar-refractivity contribution is -0.145. The number of amides is 4. The second-order valence-corrected chi connectivity index (χ2v) is 9.68. The van der Waals surface area contributed by atoms with Crippen LogP contribution >= 0.6 is 0 Å². The molecule has 0 saturated heterocycles. The molecule has 5 N–H and O–H groups in total. The van der Waals surface area contributed by atoms with Crippen LogP contribution in [0.1, 0.15) is 71.8 Å². The maximum atomic E-state index is 12.3. The van der Waals surface area contributed by atoms with E-state index in [0.29, 0.717) is 25.8 Å². The van der Waals surface area contributed by atoms with Gasteiger partial charge in [0.05, 0.1) is 0 Å². The largest absolute Gasteiger partial charge is 0.461 e. The first-order chi connectivity index (χ1) is 17.4. The van der Waals surface area contributed by atoms with Gasteiger partial charge < -0.3 is 31.2 Å². The van der Waals surface area contributed by atoms with E-state index in [2.05, 4.69) is 16.0 Å². The lowest BCUT2D eigenvalue weighted by atomic mass is 10.1. The van der Waals surface area contributed by atoms with Gasteiger partial charge in [0.2, 0.25) is 17.7 Å². The fourth-order valence-electron chi connectivity index (χ4n) is 3.11. The average molecular weight is 521 g/mol. The van der Waals surface area contributed by atoms with Crippen molar-refractivity contribution in [1.82, 2.24) is 16.0 Å². The summed E-state index contributed by atoms with van der Waals surface area (Å²) in [5.41, 5.74) is 5.56. The molecule has 2 unspecified atom stereocenters. The van der Waals surface area contributed by atoms with Crippen LogP contribution in [-0.2, 0) is 35.3 Å². The van der Waals surface area contributed by atoms with E-state index in [0.717, 1.165) is 12.0 Å². The summed E-state index contributed by atoms with van der Waals surface area (Å²) < 4.78 is 10.3. The molecule has 0 fully saturated rings. The van der Waals surface area contributed by atoms with E-state index in [9.17, 15) is 24.0 Å². The second-order valence-electron chi connectivity index (χ2n) is 9.68. The topological polar surface area (TPSA) is 166 Å². The minimum absolute atomic E-state index is 0.0132. The summed E-state index contributed by atoms with van der Waals surface area (Å²) in [5, 5.41) is 7.57. The van der Waals surface area contributed by atoms with Gasteiger partial charge in [-0.1, -0.05) is 36.8 Å². The van der Waals surface area contributed by atoms with Gasteiger partial charge in [0.15, 0.2) is 0 Å². The molecule has 0 bridgehead atoms. The predicted molar refractivity (Wildman–Crippen MR) is 137 cm³/mol. The summed E-state index contributed by atoms with van der Waals surface area (Å²) in [5.74, 6) is -1.96. The smallest absolute Gasteiger partial charge is 0.408 e. The molecule has 0 radical (unpaired) electrons. The fraction of sp³-hybridized carbons (Fsp3) is 0.577. The maximum absolute atomic E-state index is 12.3. The number of nitrogens with two attached hydrogens (primary N) is 1. The van der Waals surface area contributed by atoms with Gasteiger partial charge in [-0.05, 0) is 52.5 Å². The Kier molecular flexibility index (Phi) is 13.7.